The Morgan fingerprint density at radius 1 is 1.42 bits per heavy atom. The summed E-state index contributed by atoms with van der Waals surface area (Å²) in [6.45, 7) is 1.76. The highest BCUT2D eigenvalue weighted by Gasteiger charge is 2.01. The lowest BCUT2D eigenvalue weighted by molar-refractivity contribution is 0.475. The van der Waals surface area contributed by atoms with Gasteiger partial charge in [0.2, 0.25) is 0 Å². The minimum Gasteiger partial charge on any atom is -0.508 e. The Kier molecular flexibility index (Phi) is 2.80. The fourth-order valence-electron chi connectivity index (χ4n) is 1.01. The summed E-state index contributed by atoms with van der Waals surface area (Å²) in [5.74, 6) is 0.241. The predicted octanol–water partition coefficient (Wildman–Crippen LogP) is 2.09. The van der Waals surface area contributed by atoms with Gasteiger partial charge in [0.05, 0.1) is 6.04 Å². The molecule has 0 saturated carbocycles. The number of rotatable bonds is 3. The number of nitroso groups, excluding NO2 is 1. The van der Waals surface area contributed by atoms with Crippen molar-refractivity contribution in [1.29, 1.82) is 0 Å². The molecule has 1 atom stereocenters. The molecule has 0 bridgehead atoms. The molecule has 0 aliphatic rings. The second-order valence-electron chi connectivity index (χ2n) is 2.83. The monoisotopic (exact) mass is 165 g/mol. The van der Waals surface area contributed by atoms with Crippen molar-refractivity contribution in [1.82, 2.24) is 0 Å². The summed E-state index contributed by atoms with van der Waals surface area (Å²) in [4.78, 5) is 10.1. The third-order valence-corrected chi connectivity index (χ3v) is 1.65. The van der Waals surface area contributed by atoms with Gasteiger partial charge in [-0.2, -0.15) is 4.91 Å². The number of hydrogen-bond donors (Lipinski definition) is 1. The van der Waals surface area contributed by atoms with E-state index in [-0.39, 0.29) is 11.8 Å². The molecular weight excluding hydrogens is 154 g/mol. The Morgan fingerprint density at radius 2 is 2.00 bits per heavy atom. The van der Waals surface area contributed by atoms with Crippen molar-refractivity contribution in [3.8, 4) is 5.75 Å². The van der Waals surface area contributed by atoms with Gasteiger partial charge < -0.3 is 5.11 Å². The van der Waals surface area contributed by atoms with Gasteiger partial charge in [0.15, 0.2) is 0 Å². The molecule has 0 aliphatic heterocycles. The van der Waals surface area contributed by atoms with Crippen LogP contribution >= 0.6 is 0 Å². The summed E-state index contributed by atoms with van der Waals surface area (Å²) in [7, 11) is 0. The van der Waals surface area contributed by atoms with Gasteiger partial charge in [-0.3, -0.25) is 0 Å². The van der Waals surface area contributed by atoms with Gasteiger partial charge in [-0.1, -0.05) is 17.3 Å². The van der Waals surface area contributed by atoms with Gasteiger partial charge in [0.1, 0.15) is 5.75 Å². The van der Waals surface area contributed by atoms with Crippen LogP contribution in [-0.2, 0) is 6.42 Å². The van der Waals surface area contributed by atoms with Gasteiger partial charge >= 0.3 is 0 Å². The molecule has 12 heavy (non-hydrogen) atoms. The minimum absolute atomic E-state index is 0.199. The summed E-state index contributed by atoms with van der Waals surface area (Å²) in [5, 5.41) is 11.9. The molecule has 1 N–H and O–H groups in total. The van der Waals surface area contributed by atoms with E-state index in [1.54, 1.807) is 31.2 Å². The minimum atomic E-state index is -0.199. The largest absolute Gasteiger partial charge is 0.508 e. The number of aromatic hydroxyl groups is 1. The van der Waals surface area contributed by atoms with E-state index >= 15 is 0 Å². The Balaban J connectivity index is 2.64. The highest BCUT2D eigenvalue weighted by molar-refractivity contribution is 5.26. The Labute approximate surface area is 71.0 Å². The molecule has 1 rings (SSSR count). The lowest BCUT2D eigenvalue weighted by Crippen LogP contribution is -2.00. The number of benzene rings is 1. The van der Waals surface area contributed by atoms with E-state index in [4.69, 9.17) is 5.11 Å². The summed E-state index contributed by atoms with van der Waals surface area (Å²) in [6, 6.07) is 6.59. The summed E-state index contributed by atoms with van der Waals surface area (Å²) in [5.41, 5.74) is 1.01. The summed E-state index contributed by atoms with van der Waals surface area (Å²) in [6.07, 6.45) is 0.629. The molecule has 1 unspecified atom stereocenters. The second-order valence-corrected chi connectivity index (χ2v) is 2.83. The van der Waals surface area contributed by atoms with Crippen molar-refractivity contribution >= 4 is 0 Å². The molecular formula is C9H11NO2. The van der Waals surface area contributed by atoms with Crippen LogP contribution in [0.4, 0.5) is 0 Å². The molecule has 1 aromatic carbocycles. The quantitative estimate of drug-likeness (QED) is 0.697. The summed E-state index contributed by atoms with van der Waals surface area (Å²) < 4.78 is 0. The fourth-order valence-corrected chi connectivity index (χ4v) is 1.01. The standard InChI is InChI=1S/C9H11NO2/c1-7(10-12)6-8-2-4-9(11)5-3-8/h2-5,7,11H,6H2,1H3. The number of nitrogens with zero attached hydrogens (tertiary/aromatic N) is 1. The van der Waals surface area contributed by atoms with Crippen LogP contribution in [0.25, 0.3) is 0 Å². The van der Waals surface area contributed by atoms with Crippen LogP contribution in [0.15, 0.2) is 29.4 Å². The van der Waals surface area contributed by atoms with E-state index in [0.717, 1.165) is 5.56 Å². The van der Waals surface area contributed by atoms with Gasteiger partial charge in [-0.15, -0.1) is 0 Å². The van der Waals surface area contributed by atoms with E-state index in [1.807, 2.05) is 0 Å². The number of hydrogen-bond acceptors (Lipinski definition) is 3. The maximum atomic E-state index is 10.1. The van der Waals surface area contributed by atoms with Crippen molar-refractivity contribution < 1.29 is 5.11 Å². The normalized spacial score (nSPS) is 12.4. The topological polar surface area (TPSA) is 49.7 Å². The fraction of sp³-hybridized carbons (Fsp3) is 0.333. The molecule has 1 aromatic rings. The molecule has 0 saturated heterocycles. The zero-order valence-electron chi connectivity index (χ0n) is 6.90. The van der Waals surface area contributed by atoms with Gasteiger partial charge in [-0.05, 0) is 31.0 Å². The van der Waals surface area contributed by atoms with Crippen molar-refractivity contribution in [2.75, 3.05) is 0 Å². The predicted molar refractivity (Wildman–Crippen MR) is 47.1 cm³/mol. The lowest BCUT2D eigenvalue weighted by atomic mass is 10.1. The van der Waals surface area contributed by atoms with Gasteiger partial charge in [-0.25, -0.2) is 0 Å². The molecule has 0 spiro atoms. The zero-order chi connectivity index (χ0) is 8.97. The second kappa shape index (κ2) is 3.85. The van der Waals surface area contributed by atoms with Gasteiger partial charge in [0.25, 0.3) is 0 Å². The molecule has 0 aliphatic carbocycles. The highest BCUT2D eigenvalue weighted by Crippen LogP contribution is 2.11. The van der Waals surface area contributed by atoms with E-state index < -0.39 is 0 Å². The maximum Gasteiger partial charge on any atom is 0.115 e. The van der Waals surface area contributed by atoms with Crippen LogP contribution in [0.3, 0.4) is 0 Å². The molecule has 0 fully saturated rings. The smallest absolute Gasteiger partial charge is 0.115 e. The number of phenols is 1. The van der Waals surface area contributed by atoms with E-state index in [2.05, 4.69) is 5.18 Å². The average Bonchev–Trinajstić information content (AvgIpc) is 2.09. The Morgan fingerprint density at radius 3 is 2.50 bits per heavy atom. The molecule has 0 radical (unpaired) electrons. The van der Waals surface area contributed by atoms with Crippen LogP contribution in [0.1, 0.15) is 12.5 Å². The maximum absolute atomic E-state index is 10.1. The first-order valence-electron chi connectivity index (χ1n) is 3.82. The van der Waals surface area contributed by atoms with Crippen molar-refractivity contribution in [3.63, 3.8) is 0 Å². The van der Waals surface area contributed by atoms with Crippen molar-refractivity contribution in [2.24, 2.45) is 5.18 Å². The van der Waals surface area contributed by atoms with Crippen molar-refractivity contribution in [2.45, 2.75) is 19.4 Å². The first kappa shape index (κ1) is 8.71. The average molecular weight is 165 g/mol. The number of phenolic OH excluding ortho intramolecular Hbond substituents is 1. The lowest BCUT2D eigenvalue weighted by Gasteiger charge is -2.01. The SMILES string of the molecule is CC(Cc1ccc(O)cc1)N=O. The van der Waals surface area contributed by atoms with Crippen LogP contribution in [-0.4, -0.2) is 11.1 Å². The zero-order valence-corrected chi connectivity index (χ0v) is 6.90. The van der Waals surface area contributed by atoms with E-state index in [0.29, 0.717) is 6.42 Å². The molecule has 3 nitrogen and oxygen atoms in total. The molecule has 3 heteroatoms. The molecule has 0 heterocycles. The molecule has 0 amide bonds. The first-order valence-corrected chi connectivity index (χ1v) is 3.82. The van der Waals surface area contributed by atoms with Crippen LogP contribution < -0.4 is 0 Å². The van der Waals surface area contributed by atoms with E-state index in [1.165, 1.54) is 0 Å². The molecule has 64 valence electrons. The Hall–Kier alpha value is -1.38. The van der Waals surface area contributed by atoms with Crippen LogP contribution in [0.2, 0.25) is 0 Å². The van der Waals surface area contributed by atoms with Gasteiger partial charge in [0, 0.05) is 0 Å². The highest BCUT2D eigenvalue weighted by atomic mass is 16.3. The van der Waals surface area contributed by atoms with Crippen LogP contribution in [0.5, 0.6) is 5.75 Å². The molecule has 0 aromatic heterocycles. The third-order valence-electron chi connectivity index (χ3n) is 1.65. The van der Waals surface area contributed by atoms with E-state index in [9.17, 15) is 4.91 Å². The Bertz CT molecular complexity index is 256. The van der Waals surface area contributed by atoms with Crippen LogP contribution in [0, 0.1) is 4.91 Å². The third kappa shape index (κ3) is 2.34. The van der Waals surface area contributed by atoms with Crippen molar-refractivity contribution in [3.05, 3.63) is 34.7 Å². The first-order chi connectivity index (χ1) is 5.72. The summed E-state index contributed by atoms with van der Waals surface area (Å²) >= 11 is 0.